The second-order valence-electron chi connectivity index (χ2n) is 8.01. The number of carbonyl (C=O) groups is 2. The number of hydrogen-bond donors (Lipinski definition) is 2. The molecule has 0 atom stereocenters. The van der Waals surface area contributed by atoms with Crippen molar-refractivity contribution in [3.63, 3.8) is 0 Å². The Balaban J connectivity index is 0.00000342. The van der Waals surface area contributed by atoms with Crippen molar-refractivity contribution >= 4 is 47.0 Å². The van der Waals surface area contributed by atoms with Crippen LogP contribution in [-0.2, 0) is 9.59 Å². The maximum atomic E-state index is 10.9. The maximum Gasteiger partial charge on any atom is 0.303 e. The molecule has 0 radical (unpaired) electrons. The van der Waals surface area contributed by atoms with Gasteiger partial charge in [0.2, 0.25) is 0 Å². The first-order valence-electron chi connectivity index (χ1n) is 11.3. The highest BCUT2D eigenvalue weighted by Crippen LogP contribution is 2.45. The molecule has 0 aliphatic carbocycles. The molecule has 0 fully saturated rings. The Morgan fingerprint density at radius 1 is 0.600 bits per heavy atom. The lowest BCUT2D eigenvalue weighted by atomic mass is 9.92. The van der Waals surface area contributed by atoms with Gasteiger partial charge < -0.3 is 19.7 Å². The molecule has 0 spiro atoms. The van der Waals surface area contributed by atoms with Gasteiger partial charge in [0.1, 0.15) is 11.5 Å². The number of carboxylic acid groups (broad SMARTS) is 2. The van der Waals surface area contributed by atoms with E-state index < -0.39 is 11.9 Å². The van der Waals surface area contributed by atoms with Gasteiger partial charge in [-0.25, -0.2) is 0 Å². The van der Waals surface area contributed by atoms with Crippen molar-refractivity contribution in [2.24, 2.45) is 0 Å². The minimum atomic E-state index is -0.853. The molecule has 0 amide bonds. The predicted molar refractivity (Wildman–Crippen MR) is 142 cm³/mol. The SMILES string of the molecule is O=C(O)CCCOc1ccc2ccccc2c1-c1c(OCCCC(=O)O)ccc2ccccc12.S. The number of hydrogen-bond acceptors (Lipinski definition) is 4. The summed E-state index contributed by atoms with van der Waals surface area (Å²) in [7, 11) is 0. The molecule has 7 heteroatoms. The van der Waals surface area contributed by atoms with E-state index in [0.29, 0.717) is 24.3 Å². The summed E-state index contributed by atoms with van der Waals surface area (Å²) in [5, 5.41) is 22.0. The van der Waals surface area contributed by atoms with Crippen LogP contribution in [0.1, 0.15) is 25.7 Å². The highest BCUT2D eigenvalue weighted by Gasteiger charge is 2.19. The number of aliphatic carboxylic acids is 2. The third kappa shape index (κ3) is 6.25. The number of benzene rings is 4. The Labute approximate surface area is 210 Å². The Hall–Kier alpha value is -3.71. The van der Waals surface area contributed by atoms with E-state index in [1.807, 2.05) is 72.8 Å². The second-order valence-corrected chi connectivity index (χ2v) is 8.01. The molecule has 182 valence electrons. The molecular weight excluding hydrogens is 464 g/mol. The average molecular weight is 493 g/mol. The molecule has 0 aliphatic rings. The van der Waals surface area contributed by atoms with Crippen LogP contribution in [0.5, 0.6) is 11.5 Å². The van der Waals surface area contributed by atoms with E-state index in [1.165, 1.54) is 0 Å². The Bertz CT molecular complexity index is 1230. The number of rotatable bonds is 11. The van der Waals surface area contributed by atoms with Gasteiger partial charge in [0.05, 0.1) is 13.2 Å². The van der Waals surface area contributed by atoms with Crippen molar-refractivity contribution in [3.8, 4) is 22.6 Å². The standard InChI is InChI=1S/C28H26O6.H2S/c29-25(30)11-5-17-33-23-15-13-19-7-1-3-9-21(19)27(23)28-22-10-4-2-8-20(22)14-16-24(28)34-18-6-12-26(31)32;/h1-4,7-10,13-16H,5-6,11-12,17-18H2,(H,29,30)(H,31,32);1H2. The van der Waals surface area contributed by atoms with E-state index in [2.05, 4.69) is 0 Å². The summed E-state index contributed by atoms with van der Waals surface area (Å²) in [5.41, 5.74) is 1.75. The second kappa shape index (κ2) is 12.1. The predicted octanol–water partition coefficient (Wildman–Crippen LogP) is 6.26. The first-order valence-corrected chi connectivity index (χ1v) is 11.3. The van der Waals surface area contributed by atoms with E-state index in [0.717, 1.165) is 32.7 Å². The van der Waals surface area contributed by atoms with Gasteiger partial charge in [-0.05, 0) is 46.5 Å². The molecule has 4 rings (SSSR count). The third-order valence-corrected chi connectivity index (χ3v) is 5.62. The van der Waals surface area contributed by atoms with E-state index >= 15 is 0 Å². The fourth-order valence-electron chi connectivity index (χ4n) is 4.07. The van der Waals surface area contributed by atoms with Crippen molar-refractivity contribution in [1.82, 2.24) is 0 Å². The van der Waals surface area contributed by atoms with Crippen LogP contribution in [0.2, 0.25) is 0 Å². The zero-order chi connectivity index (χ0) is 23.9. The summed E-state index contributed by atoms with van der Waals surface area (Å²) in [6.45, 7) is 0.550. The van der Waals surface area contributed by atoms with Crippen LogP contribution in [0.4, 0.5) is 0 Å². The van der Waals surface area contributed by atoms with Crippen molar-refractivity contribution in [1.29, 1.82) is 0 Å². The first-order chi connectivity index (χ1) is 16.5. The molecule has 4 aromatic carbocycles. The first kappa shape index (κ1) is 25.9. The monoisotopic (exact) mass is 492 g/mol. The van der Waals surface area contributed by atoms with Crippen LogP contribution in [0, 0.1) is 0 Å². The van der Waals surface area contributed by atoms with Crippen LogP contribution in [-0.4, -0.2) is 35.4 Å². The summed E-state index contributed by atoms with van der Waals surface area (Å²) in [6, 6.07) is 23.8. The summed E-state index contributed by atoms with van der Waals surface area (Å²) >= 11 is 0. The summed E-state index contributed by atoms with van der Waals surface area (Å²) in [5.74, 6) is -0.409. The molecule has 0 aliphatic heterocycles. The van der Waals surface area contributed by atoms with Crippen LogP contribution in [0.3, 0.4) is 0 Å². The third-order valence-electron chi connectivity index (χ3n) is 5.62. The minimum absolute atomic E-state index is 0. The highest BCUT2D eigenvalue weighted by atomic mass is 32.1. The van der Waals surface area contributed by atoms with Gasteiger partial charge in [-0.3, -0.25) is 9.59 Å². The van der Waals surface area contributed by atoms with Crippen molar-refractivity contribution < 1.29 is 29.3 Å². The van der Waals surface area contributed by atoms with Crippen LogP contribution in [0.15, 0.2) is 72.8 Å². The van der Waals surface area contributed by atoms with Gasteiger partial charge in [0.15, 0.2) is 0 Å². The molecule has 0 saturated heterocycles. The summed E-state index contributed by atoms with van der Waals surface area (Å²) in [4.78, 5) is 21.8. The summed E-state index contributed by atoms with van der Waals surface area (Å²) in [6.07, 6.45) is 0.871. The number of carboxylic acids is 2. The van der Waals surface area contributed by atoms with E-state index in [4.69, 9.17) is 19.7 Å². The molecule has 0 saturated carbocycles. The molecule has 0 heterocycles. The molecule has 0 aromatic heterocycles. The maximum absolute atomic E-state index is 10.9. The molecule has 4 aromatic rings. The van der Waals surface area contributed by atoms with E-state index in [9.17, 15) is 9.59 Å². The van der Waals surface area contributed by atoms with Gasteiger partial charge >= 0.3 is 11.9 Å². The van der Waals surface area contributed by atoms with Crippen LogP contribution >= 0.6 is 13.5 Å². The smallest absolute Gasteiger partial charge is 0.303 e. The largest absolute Gasteiger partial charge is 0.493 e. The highest BCUT2D eigenvalue weighted by molar-refractivity contribution is 7.59. The Morgan fingerprint density at radius 3 is 1.40 bits per heavy atom. The van der Waals surface area contributed by atoms with Crippen LogP contribution < -0.4 is 9.47 Å². The Kier molecular flexibility index (Phi) is 8.98. The normalized spacial score (nSPS) is 10.6. The topological polar surface area (TPSA) is 93.1 Å². The van der Waals surface area contributed by atoms with Crippen molar-refractivity contribution in [3.05, 3.63) is 72.8 Å². The Morgan fingerprint density at radius 2 is 1.00 bits per heavy atom. The molecule has 0 unspecified atom stereocenters. The van der Waals surface area contributed by atoms with Gasteiger partial charge in [0.25, 0.3) is 0 Å². The minimum Gasteiger partial charge on any atom is -0.493 e. The molecule has 6 nitrogen and oxygen atoms in total. The van der Waals surface area contributed by atoms with E-state index in [-0.39, 0.29) is 39.6 Å². The van der Waals surface area contributed by atoms with E-state index in [1.54, 1.807) is 0 Å². The summed E-state index contributed by atoms with van der Waals surface area (Å²) < 4.78 is 12.2. The van der Waals surface area contributed by atoms with Gasteiger partial charge in [-0.2, -0.15) is 13.5 Å². The quantitative estimate of drug-likeness (QED) is 0.240. The molecular formula is C28H28O6S. The van der Waals surface area contributed by atoms with Crippen LogP contribution in [0.25, 0.3) is 32.7 Å². The van der Waals surface area contributed by atoms with Gasteiger partial charge in [-0.15, -0.1) is 0 Å². The molecule has 2 N–H and O–H groups in total. The van der Waals surface area contributed by atoms with Gasteiger partial charge in [0, 0.05) is 24.0 Å². The van der Waals surface area contributed by atoms with Crippen molar-refractivity contribution in [2.45, 2.75) is 25.7 Å². The fraction of sp³-hybridized carbons (Fsp3) is 0.214. The fourth-order valence-corrected chi connectivity index (χ4v) is 4.07. The lowest BCUT2D eigenvalue weighted by Gasteiger charge is -2.19. The molecule has 35 heavy (non-hydrogen) atoms. The number of fused-ring (bicyclic) bond motifs is 2. The van der Waals surface area contributed by atoms with Crippen molar-refractivity contribution in [2.75, 3.05) is 13.2 Å². The lowest BCUT2D eigenvalue weighted by Crippen LogP contribution is -2.05. The number of ether oxygens (including phenoxy) is 2. The zero-order valence-corrected chi connectivity index (χ0v) is 20.2. The molecule has 0 bridgehead atoms. The van der Waals surface area contributed by atoms with Gasteiger partial charge in [-0.1, -0.05) is 60.7 Å². The zero-order valence-electron chi connectivity index (χ0n) is 19.2. The average Bonchev–Trinajstić information content (AvgIpc) is 2.84. The lowest BCUT2D eigenvalue weighted by molar-refractivity contribution is -0.138.